The van der Waals surface area contributed by atoms with Crippen molar-refractivity contribution in [3.05, 3.63) is 34.3 Å². The summed E-state index contributed by atoms with van der Waals surface area (Å²) >= 11 is 2.65. The maximum atomic E-state index is 12.1. The number of hydrogen-bond acceptors (Lipinski definition) is 8. The number of hydrogen-bond donors (Lipinski definition) is 1. The van der Waals surface area contributed by atoms with Crippen molar-refractivity contribution < 1.29 is 4.79 Å². The van der Waals surface area contributed by atoms with Crippen molar-refractivity contribution in [2.45, 2.75) is 32.3 Å². The minimum atomic E-state index is -0.168. The van der Waals surface area contributed by atoms with Gasteiger partial charge in [-0.2, -0.15) is 4.68 Å². The monoisotopic (exact) mass is 375 g/mol. The average Bonchev–Trinajstić information content (AvgIpc) is 3.22. The number of amides is 1. The van der Waals surface area contributed by atoms with E-state index in [4.69, 9.17) is 0 Å². The highest BCUT2D eigenvalue weighted by Crippen LogP contribution is 2.22. The van der Waals surface area contributed by atoms with E-state index >= 15 is 0 Å². The molecule has 0 aliphatic carbocycles. The Balaban J connectivity index is 1.66. The van der Waals surface area contributed by atoms with Crippen LogP contribution >= 0.6 is 23.1 Å². The normalized spacial score (nSPS) is 10.8. The minimum Gasteiger partial charge on any atom is -0.300 e. The van der Waals surface area contributed by atoms with Gasteiger partial charge in [0.05, 0.1) is 11.4 Å². The molecule has 0 saturated heterocycles. The van der Waals surface area contributed by atoms with Crippen LogP contribution in [0.4, 0.5) is 5.13 Å². The second-order valence-electron chi connectivity index (χ2n) is 5.35. The Morgan fingerprint density at radius 3 is 2.84 bits per heavy atom. The van der Waals surface area contributed by atoms with Crippen LogP contribution in [0, 0.1) is 13.8 Å². The fraction of sp³-hybridized carbons (Fsp3) is 0.333. The summed E-state index contributed by atoms with van der Waals surface area (Å²) in [5, 5.41) is 24.4. The summed E-state index contributed by atoms with van der Waals surface area (Å²) in [5.74, 6) is 0.0192. The van der Waals surface area contributed by atoms with Crippen molar-refractivity contribution in [3.63, 3.8) is 0 Å². The first-order valence-corrected chi connectivity index (χ1v) is 9.48. The van der Waals surface area contributed by atoms with E-state index in [-0.39, 0.29) is 11.7 Å². The number of carbonyl (C=O) groups excluding carboxylic acids is 1. The number of carbonyl (C=O) groups is 1. The van der Waals surface area contributed by atoms with Gasteiger partial charge in [-0.3, -0.25) is 10.1 Å². The first-order chi connectivity index (χ1) is 12.1. The third kappa shape index (κ3) is 4.20. The maximum Gasteiger partial charge on any atom is 0.236 e. The van der Waals surface area contributed by atoms with Crippen molar-refractivity contribution in [2.75, 3.05) is 11.1 Å². The topological polar surface area (TPSA) is 98.5 Å². The Bertz CT molecular complexity index is 890. The second kappa shape index (κ2) is 7.70. The highest BCUT2D eigenvalue weighted by atomic mass is 32.2. The van der Waals surface area contributed by atoms with E-state index in [1.165, 1.54) is 28.7 Å². The van der Waals surface area contributed by atoms with Crippen LogP contribution < -0.4 is 5.32 Å². The van der Waals surface area contributed by atoms with Gasteiger partial charge in [-0.15, -0.1) is 15.3 Å². The number of tetrazole rings is 1. The molecule has 0 radical (unpaired) electrons. The van der Waals surface area contributed by atoms with Crippen LogP contribution in [0.5, 0.6) is 0 Å². The molecule has 3 aromatic rings. The molecule has 0 aliphatic rings. The van der Waals surface area contributed by atoms with Crippen LogP contribution in [-0.4, -0.2) is 42.1 Å². The molecule has 0 spiro atoms. The Kier molecular flexibility index (Phi) is 5.39. The van der Waals surface area contributed by atoms with E-state index in [0.29, 0.717) is 10.3 Å². The van der Waals surface area contributed by atoms with Gasteiger partial charge in [0, 0.05) is 0 Å². The number of benzene rings is 1. The molecule has 130 valence electrons. The zero-order valence-corrected chi connectivity index (χ0v) is 15.7. The van der Waals surface area contributed by atoms with E-state index in [0.717, 1.165) is 22.7 Å². The standard InChI is InChI=1S/C15H17N7OS2/c1-4-13-17-18-14(25-13)16-12(23)8-24-15-19-20-21-22(15)11-6-5-9(2)7-10(11)3/h5-7H,4,8H2,1-3H3,(H,16,18,23). The predicted molar refractivity (Wildman–Crippen MR) is 97.3 cm³/mol. The molecule has 1 amide bonds. The third-order valence-electron chi connectivity index (χ3n) is 3.37. The summed E-state index contributed by atoms with van der Waals surface area (Å²) < 4.78 is 1.65. The lowest BCUT2D eigenvalue weighted by Crippen LogP contribution is -2.14. The molecule has 0 unspecified atom stereocenters. The molecule has 0 bridgehead atoms. The number of thioether (sulfide) groups is 1. The molecule has 2 aromatic heterocycles. The molecule has 2 heterocycles. The van der Waals surface area contributed by atoms with Crippen molar-refractivity contribution >= 4 is 34.1 Å². The smallest absolute Gasteiger partial charge is 0.236 e. The lowest BCUT2D eigenvalue weighted by atomic mass is 10.1. The molecular weight excluding hydrogens is 358 g/mol. The second-order valence-corrected chi connectivity index (χ2v) is 7.36. The number of anilines is 1. The molecule has 0 fully saturated rings. The molecular formula is C15H17N7OS2. The molecule has 1 N–H and O–H groups in total. The van der Waals surface area contributed by atoms with Gasteiger partial charge < -0.3 is 0 Å². The third-order valence-corrected chi connectivity index (χ3v) is 5.27. The summed E-state index contributed by atoms with van der Waals surface area (Å²) in [6.45, 7) is 6.04. The number of nitrogens with one attached hydrogen (secondary N) is 1. The van der Waals surface area contributed by atoms with Gasteiger partial charge in [-0.1, -0.05) is 47.7 Å². The summed E-state index contributed by atoms with van der Waals surface area (Å²) in [4.78, 5) is 12.1. The Hall–Kier alpha value is -2.33. The van der Waals surface area contributed by atoms with Gasteiger partial charge in [-0.25, -0.2) is 0 Å². The highest BCUT2D eigenvalue weighted by molar-refractivity contribution is 7.99. The van der Waals surface area contributed by atoms with Crippen molar-refractivity contribution in [3.8, 4) is 5.69 Å². The average molecular weight is 375 g/mol. The number of aryl methyl sites for hydroxylation is 3. The molecule has 0 aliphatic heterocycles. The van der Waals surface area contributed by atoms with Crippen molar-refractivity contribution in [1.29, 1.82) is 0 Å². The maximum absolute atomic E-state index is 12.1. The van der Waals surface area contributed by atoms with Crippen LogP contribution in [-0.2, 0) is 11.2 Å². The predicted octanol–water partition coefficient (Wildman–Crippen LogP) is 2.42. The number of aromatic nitrogens is 6. The number of rotatable bonds is 6. The lowest BCUT2D eigenvalue weighted by Gasteiger charge is -2.08. The molecule has 8 nitrogen and oxygen atoms in total. The fourth-order valence-electron chi connectivity index (χ4n) is 2.20. The van der Waals surface area contributed by atoms with E-state index in [9.17, 15) is 4.79 Å². The van der Waals surface area contributed by atoms with Crippen LogP contribution in [0.3, 0.4) is 0 Å². The first-order valence-electron chi connectivity index (χ1n) is 7.68. The van der Waals surface area contributed by atoms with Gasteiger partial charge in [0.25, 0.3) is 0 Å². The van der Waals surface area contributed by atoms with Crippen LogP contribution in [0.15, 0.2) is 23.4 Å². The van der Waals surface area contributed by atoms with E-state index in [2.05, 4.69) is 37.1 Å². The zero-order chi connectivity index (χ0) is 17.8. The van der Waals surface area contributed by atoms with Crippen LogP contribution in [0.1, 0.15) is 23.1 Å². The molecule has 3 rings (SSSR count). The fourth-order valence-corrected chi connectivity index (χ4v) is 3.58. The Morgan fingerprint density at radius 1 is 1.28 bits per heavy atom. The van der Waals surface area contributed by atoms with Gasteiger partial charge >= 0.3 is 0 Å². The molecule has 10 heteroatoms. The summed E-state index contributed by atoms with van der Waals surface area (Å²) in [5.41, 5.74) is 3.14. The van der Waals surface area contributed by atoms with Gasteiger partial charge in [0.2, 0.25) is 16.2 Å². The lowest BCUT2D eigenvalue weighted by molar-refractivity contribution is -0.113. The van der Waals surface area contributed by atoms with Crippen LogP contribution in [0.2, 0.25) is 0 Å². The Labute approximate surface area is 153 Å². The van der Waals surface area contributed by atoms with Gasteiger partial charge in [0.15, 0.2) is 0 Å². The quantitative estimate of drug-likeness (QED) is 0.661. The number of nitrogens with zero attached hydrogens (tertiary/aromatic N) is 6. The largest absolute Gasteiger partial charge is 0.300 e. The summed E-state index contributed by atoms with van der Waals surface area (Å²) in [6, 6.07) is 6.05. The van der Waals surface area contributed by atoms with Crippen molar-refractivity contribution in [2.24, 2.45) is 0 Å². The van der Waals surface area contributed by atoms with Crippen molar-refractivity contribution in [1.82, 2.24) is 30.4 Å². The minimum absolute atomic E-state index is 0.168. The summed E-state index contributed by atoms with van der Waals surface area (Å²) in [6.07, 6.45) is 0.799. The zero-order valence-electron chi connectivity index (χ0n) is 14.1. The SMILES string of the molecule is CCc1nnc(NC(=O)CSc2nnnn2-c2ccc(C)cc2C)s1. The molecule has 1 aromatic carbocycles. The van der Waals surface area contributed by atoms with Gasteiger partial charge in [-0.05, 0) is 42.3 Å². The van der Waals surface area contributed by atoms with E-state index in [1.807, 2.05) is 32.9 Å². The van der Waals surface area contributed by atoms with Gasteiger partial charge in [0.1, 0.15) is 5.01 Å². The molecule has 0 atom stereocenters. The first kappa shape index (κ1) is 17.5. The molecule has 25 heavy (non-hydrogen) atoms. The molecule has 0 saturated carbocycles. The Morgan fingerprint density at radius 2 is 2.12 bits per heavy atom. The van der Waals surface area contributed by atoms with E-state index < -0.39 is 0 Å². The highest BCUT2D eigenvalue weighted by Gasteiger charge is 2.14. The van der Waals surface area contributed by atoms with Crippen LogP contribution in [0.25, 0.3) is 5.69 Å². The summed E-state index contributed by atoms with van der Waals surface area (Å²) in [7, 11) is 0. The van der Waals surface area contributed by atoms with E-state index in [1.54, 1.807) is 4.68 Å².